The summed E-state index contributed by atoms with van der Waals surface area (Å²) in [4.78, 5) is 27.5. The third-order valence-electron chi connectivity index (χ3n) is 2.62. The van der Waals surface area contributed by atoms with Crippen molar-refractivity contribution in [3.63, 3.8) is 0 Å². The monoisotopic (exact) mass is 231 g/mol. The minimum Gasteiger partial charge on any atom is -0.312 e. The van der Waals surface area contributed by atoms with Crippen molar-refractivity contribution in [3.05, 3.63) is 39.8 Å². The summed E-state index contributed by atoms with van der Waals surface area (Å²) in [5.74, 6) is 0.221. The number of pyridine rings is 1. The van der Waals surface area contributed by atoms with Gasteiger partial charge >= 0.3 is 0 Å². The molecule has 0 bridgehead atoms. The predicted molar refractivity (Wildman–Crippen MR) is 65.2 cm³/mol. The molecule has 1 amide bonds. The molecule has 0 aliphatic carbocycles. The van der Waals surface area contributed by atoms with Crippen molar-refractivity contribution < 1.29 is 4.79 Å². The number of fused-ring (bicyclic) bond motifs is 1. The molecule has 0 aliphatic rings. The smallest absolute Gasteiger partial charge is 0.262 e. The standard InChI is InChI=1S/C12H13N3O2/c1-7-8(2)13-10-5-4-6-11(14-9(3)16)15(10)12(7)17/h4-6H,1-3H3,(H,14,16). The van der Waals surface area contributed by atoms with E-state index >= 15 is 0 Å². The van der Waals surface area contributed by atoms with E-state index in [9.17, 15) is 9.59 Å². The molecule has 2 rings (SSSR count). The fourth-order valence-corrected chi connectivity index (χ4v) is 1.65. The quantitative estimate of drug-likeness (QED) is 0.803. The van der Waals surface area contributed by atoms with E-state index in [0.29, 0.717) is 22.7 Å². The average molecular weight is 231 g/mol. The lowest BCUT2D eigenvalue weighted by molar-refractivity contribution is -0.114. The van der Waals surface area contributed by atoms with Gasteiger partial charge in [0.2, 0.25) is 5.91 Å². The second-order valence-electron chi connectivity index (χ2n) is 3.91. The van der Waals surface area contributed by atoms with Crippen molar-refractivity contribution in [2.75, 3.05) is 5.32 Å². The second kappa shape index (κ2) is 4.01. The van der Waals surface area contributed by atoms with Gasteiger partial charge in [0.1, 0.15) is 11.5 Å². The SMILES string of the molecule is CC(=O)Nc1cccc2nc(C)c(C)c(=O)n12. The van der Waals surface area contributed by atoms with Crippen molar-refractivity contribution in [1.29, 1.82) is 0 Å². The highest BCUT2D eigenvalue weighted by molar-refractivity contribution is 5.88. The van der Waals surface area contributed by atoms with Gasteiger partial charge in [0.05, 0.1) is 0 Å². The zero-order chi connectivity index (χ0) is 12.6. The van der Waals surface area contributed by atoms with E-state index in [1.807, 2.05) is 0 Å². The van der Waals surface area contributed by atoms with Crippen molar-refractivity contribution >= 4 is 17.4 Å². The van der Waals surface area contributed by atoms with Gasteiger partial charge in [-0.25, -0.2) is 9.38 Å². The molecule has 88 valence electrons. The highest BCUT2D eigenvalue weighted by Crippen LogP contribution is 2.10. The van der Waals surface area contributed by atoms with Crippen LogP contribution in [0.15, 0.2) is 23.0 Å². The summed E-state index contributed by atoms with van der Waals surface area (Å²) in [7, 11) is 0. The first-order valence-corrected chi connectivity index (χ1v) is 5.27. The van der Waals surface area contributed by atoms with Gasteiger partial charge in [-0.05, 0) is 26.0 Å². The Balaban J connectivity index is 2.84. The van der Waals surface area contributed by atoms with Gasteiger partial charge in [0, 0.05) is 18.2 Å². The molecule has 0 unspecified atom stereocenters. The van der Waals surface area contributed by atoms with Gasteiger partial charge in [-0.2, -0.15) is 0 Å². The van der Waals surface area contributed by atoms with E-state index in [-0.39, 0.29) is 11.5 Å². The maximum atomic E-state index is 12.1. The summed E-state index contributed by atoms with van der Waals surface area (Å²) in [5, 5.41) is 2.62. The highest BCUT2D eigenvalue weighted by atomic mass is 16.1. The van der Waals surface area contributed by atoms with Crippen LogP contribution in [0.25, 0.3) is 5.65 Å². The lowest BCUT2D eigenvalue weighted by atomic mass is 10.2. The summed E-state index contributed by atoms with van der Waals surface area (Å²) >= 11 is 0. The Bertz CT molecular complexity index is 659. The topological polar surface area (TPSA) is 63.5 Å². The van der Waals surface area contributed by atoms with Crippen LogP contribution in [-0.2, 0) is 4.79 Å². The van der Waals surface area contributed by atoms with Crippen LogP contribution in [0.1, 0.15) is 18.2 Å². The number of nitrogens with zero attached hydrogens (tertiary/aromatic N) is 2. The number of nitrogens with one attached hydrogen (secondary N) is 1. The number of rotatable bonds is 1. The Hall–Kier alpha value is -2.17. The molecule has 2 heterocycles. The van der Waals surface area contributed by atoms with E-state index < -0.39 is 0 Å². The minimum atomic E-state index is -0.220. The van der Waals surface area contributed by atoms with Crippen LogP contribution >= 0.6 is 0 Å². The average Bonchev–Trinajstić information content (AvgIpc) is 2.25. The number of carbonyl (C=O) groups excluding carboxylic acids is 1. The summed E-state index contributed by atoms with van der Waals surface area (Å²) in [6.07, 6.45) is 0. The van der Waals surface area contributed by atoms with Crippen LogP contribution < -0.4 is 10.9 Å². The summed E-state index contributed by atoms with van der Waals surface area (Å²) < 4.78 is 1.41. The lowest BCUT2D eigenvalue weighted by Crippen LogP contribution is -2.23. The van der Waals surface area contributed by atoms with E-state index in [1.165, 1.54) is 11.3 Å². The van der Waals surface area contributed by atoms with Crippen molar-refractivity contribution in [1.82, 2.24) is 9.38 Å². The molecule has 5 nitrogen and oxygen atoms in total. The van der Waals surface area contributed by atoms with Crippen LogP contribution in [0.2, 0.25) is 0 Å². The Morgan fingerprint density at radius 1 is 1.35 bits per heavy atom. The third-order valence-corrected chi connectivity index (χ3v) is 2.62. The number of carbonyl (C=O) groups is 1. The fourth-order valence-electron chi connectivity index (χ4n) is 1.65. The number of hydrogen-bond acceptors (Lipinski definition) is 3. The Morgan fingerprint density at radius 2 is 2.06 bits per heavy atom. The van der Waals surface area contributed by atoms with Gasteiger partial charge in [0.25, 0.3) is 5.56 Å². The Morgan fingerprint density at radius 3 is 2.71 bits per heavy atom. The normalized spacial score (nSPS) is 10.5. The van der Waals surface area contributed by atoms with Crippen molar-refractivity contribution in [3.8, 4) is 0 Å². The van der Waals surface area contributed by atoms with Gasteiger partial charge in [0.15, 0.2) is 0 Å². The van der Waals surface area contributed by atoms with E-state index in [0.717, 1.165) is 0 Å². The van der Waals surface area contributed by atoms with E-state index in [4.69, 9.17) is 0 Å². The first kappa shape index (κ1) is 11.3. The molecule has 0 saturated carbocycles. The number of aryl methyl sites for hydroxylation is 1. The molecule has 0 fully saturated rings. The maximum Gasteiger partial charge on any atom is 0.262 e. The Kier molecular flexibility index (Phi) is 2.67. The van der Waals surface area contributed by atoms with Gasteiger partial charge in [-0.15, -0.1) is 0 Å². The molecular formula is C12H13N3O2. The molecule has 5 heteroatoms. The largest absolute Gasteiger partial charge is 0.312 e. The molecule has 0 aliphatic heterocycles. The highest BCUT2D eigenvalue weighted by Gasteiger charge is 2.09. The Labute approximate surface area is 98.1 Å². The molecule has 1 N–H and O–H groups in total. The van der Waals surface area contributed by atoms with Gasteiger partial charge in [-0.3, -0.25) is 9.59 Å². The summed E-state index contributed by atoms with van der Waals surface area (Å²) in [6, 6.07) is 5.16. The van der Waals surface area contributed by atoms with Gasteiger partial charge in [-0.1, -0.05) is 6.07 Å². The molecule has 0 saturated heterocycles. The molecule has 0 spiro atoms. The molecule has 2 aromatic rings. The first-order valence-electron chi connectivity index (χ1n) is 5.27. The zero-order valence-electron chi connectivity index (χ0n) is 9.94. The first-order chi connectivity index (χ1) is 8.00. The van der Waals surface area contributed by atoms with Crippen molar-refractivity contribution in [2.24, 2.45) is 0 Å². The third kappa shape index (κ3) is 1.91. The number of hydrogen-bond donors (Lipinski definition) is 1. The van der Waals surface area contributed by atoms with Crippen LogP contribution in [0.5, 0.6) is 0 Å². The molecule has 0 radical (unpaired) electrons. The van der Waals surface area contributed by atoms with Crippen LogP contribution in [0.3, 0.4) is 0 Å². The minimum absolute atomic E-state index is 0.156. The fraction of sp³-hybridized carbons (Fsp3) is 0.250. The maximum absolute atomic E-state index is 12.1. The van der Waals surface area contributed by atoms with Crippen molar-refractivity contribution in [2.45, 2.75) is 20.8 Å². The lowest BCUT2D eigenvalue weighted by Gasteiger charge is -2.10. The second-order valence-corrected chi connectivity index (χ2v) is 3.91. The molecule has 0 aromatic carbocycles. The zero-order valence-corrected chi connectivity index (χ0v) is 9.94. The number of aromatic nitrogens is 2. The molecular weight excluding hydrogens is 218 g/mol. The summed E-state index contributed by atoms with van der Waals surface area (Å²) in [5.41, 5.74) is 1.66. The van der Waals surface area contributed by atoms with Crippen LogP contribution in [0.4, 0.5) is 5.82 Å². The van der Waals surface area contributed by atoms with Crippen LogP contribution in [0, 0.1) is 13.8 Å². The number of anilines is 1. The molecule has 0 atom stereocenters. The summed E-state index contributed by atoms with van der Waals surface area (Å²) in [6.45, 7) is 4.92. The molecule has 17 heavy (non-hydrogen) atoms. The number of amides is 1. The van der Waals surface area contributed by atoms with Gasteiger partial charge < -0.3 is 5.32 Å². The van der Waals surface area contributed by atoms with E-state index in [1.54, 1.807) is 32.0 Å². The van der Waals surface area contributed by atoms with E-state index in [2.05, 4.69) is 10.3 Å². The predicted octanol–water partition coefficient (Wildman–Crippen LogP) is 1.27. The van der Waals surface area contributed by atoms with Crippen LogP contribution in [-0.4, -0.2) is 15.3 Å². The molecule has 2 aromatic heterocycles.